The lowest BCUT2D eigenvalue weighted by Gasteiger charge is -2.12. The van der Waals surface area contributed by atoms with Gasteiger partial charge in [-0.1, -0.05) is 56.4 Å². The molecule has 0 unspecified atom stereocenters. The molecular weight excluding hydrogens is 447 g/mol. The van der Waals surface area contributed by atoms with Crippen LogP contribution in [0.3, 0.4) is 0 Å². The SMILES string of the molecule is COc1ccc(Sc2cc(C)ccc2SC2=IC=CC(C)=C2)cc1. The Morgan fingerprint density at radius 3 is 2.42 bits per heavy atom. The molecule has 0 spiro atoms. The Labute approximate surface area is 162 Å². The van der Waals surface area contributed by atoms with Gasteiger partial charge in [0, 0.05) is 17.5 Å². The molecule has 24 heavy (non-hydrogen) atoms. The first-order valence-electron chi connectivity index (χ1n) is 7.59. The Morgan fingerprint density at radius 2 is 1.71 bits per heavy atom. The molecule has 2 aromatic carbocycles. The summed E-state index contributed by atoms with van der Waals surface area (Å²) in [6.07, 6.45) is 4.57. The lowest BCUT2D eigenvalue weighted by Crippen LogP contribution is -1.89. The fourth-order valence-corrected chi connectivity index (χ4v) is 7.35. The van der Waals surface area contributed by atoms with Crippen LogP contribution in [-0.4, -0.2) is 9.95 Å². The van der Waals surface area contributed by atoms with Gasteiger partial charge in [0.15, 0.2) is 0 Å². The van der Waals surface area contributed by atoms with E-state index in [9.17, 15) is 0 Å². The quantitative estimate of drug-likeness (QED) is 0.448. The Morgan fingerprint density at radius 1 is 0.917 bits per heavy atom. The molecule has 0 saturated heterocycles. The van der Waals surface area contributed by atoms with E-state index in [1.807, 2.05) is 35.7 Å². The van der Waals surface area contributed by atoms with Crippen LogP contribution in [0.4, 0.5) is 0 Å². The summed E-state index contributed by atoms with van der Waals surface area (Å²) in [6.45, 7) is 4.32. The van der Waals surface area contributed by atoms with E-state index in [-0.39, 0.29) is 20.7 Å². The van der Waals surface area contributed by atoms with Crippen molar-refractivity contribution in [2.75, 3.05) is 7.11 Å². The summed E-state index contributed by atoms with van der Waals surface area (Å²) >= 11 is 3.75. The summed E-state index contributed by atoms with van der Waals surface area (Å²) < 4.78 is 9.10. The zero-order chi connectivity index (χ0) is 16.9. The summed E-state index contributed by atoms with van der Waals surface area (Å²) in [5.74, 6) is 0.896. The van der Waals surface area contributed by atoms with Crippen LogP contribution >= 0.6 is 44.3 Å². The zero-order valence-corrected chi connectivity index (χ0v) is 17.7. The largest absolute Gasteiger partial charge is 0.497 e. The normalized spacial score (nSPS) is 13.8. The zero-order valence-electron chi connectivity index (χ0n) is 13.9. The number of allylic oxidation sites excluding steroid dienone is 2. The highest BCUT2D eigenvalue weighted by molar-refractivity contribution is 14.2. The highest BCUT2D eigenvalue weighted by Crippen LogP contribution is 2.39. The second-order valence-electron chi connectivity index (χ2n) is 5.42. The molecule has 0 aliphatic carbocycles. The van der Waals surface area contributed by atoms with Crippen molar-refractivity contribution in [3.8, 4) is 5.75 Å². The Bertz CT molecular complexity index is 820. The van der Waals surface area contributed by atoms with E-state index < -0.39 is 0 Å². The summed E-state index contributed by atoms with van der Waals surface area (Å²) in [7, 11) is 1.70. The molecular formula is C20H19IOS2. The Hall–Kier alpha value is -0.980. The average molecular weight is 466 g/mol. The molecule has 3 rings (SSSR count). The van der Waals surface area contributed by atoms with Crippen molar-refractivity contribution in [2.24, 2.45) is 0 Å². The smallest absolute Gasteiger partial charge is 0.118 e. The van der Waals surface area contributed by atoms with Crippen molar-refractivity contribution in [1.82, 2.24) is 0 Å². The summed E-state index contributed by atoms with van der Waals surface area (Å²) in [4.78, 5) is 3.90. The first-order chi connectivity index (χ1) is 11.6. The van der Waals surface area contributed by atoms with Crippen molar-refractivity contribution in [1.29, 1.82) is 0 Å². The number of hydrogen-bond acceptors (Lipinski definition) is 3. The molecule has 1 heterocycles. The molecule has 0 saturated carbocycles. The van der Waals surface area contributed by atoms with Crippen LogP contribution in [0.1, 0.15) is 12.5 Å². The van der Waals surface area contributed by atoms with Gasteiger partial charge in [-0.2, -0.15) is 0 Å². The van der Waals surface area contributed by atoms with Crippen LogP contribution in [-0.2, 0) is 0 Å². The first kappa shape index (κ1) is 17.8. The van der Waals surface area contributed by atoms with E-state index in [1.165, 1.54) is 28.7 Å². The molecule has 1 aliphatic rings. The maximum atomic E-state index is 5.25. The lowest BCUT2D eigenvalue weighted by atomic mass is 10.2. The van der Waals surface area contributed by atoms with Gasteiger partial charge in [-0.25, -0.2) is 0 Å². The van der Waals surface area contributed by atoms with Gasteiger partial charge in [0.1, 0.15) is 5.75 Å². The van der Waals surface area contributed by atoms with E-state index >= 15 is 0 Å². The average Bonchev–Trinajstić information content (AvgIpc) is 2.58. The summed E-state index contributed by atoms with van der Waals surface area (Å²) in [6, 6.07) is 15.0. The molecule has 1 aliphatic heterocycles. The third kappa shape index (κ3) is 4.77. The lowest BCUT2D eigenvalue weighted by molar-refractivity contribution is 0.414. The predicted molar refractivity (Wildman–Crippen MR) is 116 cm³/mol. The monoisotopic (exact) mass is 466 g/mol. The third-order valence-corrected chi connectivity index (χ3v) is 8.42. The van der Waals surface area contributed by atoms with E-state index in [2.05, 4.69) is 60.4 Å². The van der Waals surface area contributed by atoms with Crippen molar-refractivity contribution in [2.45, 2.75) is 28.5 Å². The van der Waals surface area contributed by atoms with Gasteiger partial charge >= 0.3 is 0 Å². The number of thioether (sulfide) groups is 1. The van der Waals surface area contributed by atoms with Gasteiger partial charge < -0.3 is 4.74 Å². The fourth-order valence-electron chi connectivity index (χ4n) is 2.16. The van der Waals surface area contributed by atoms with Crippen molar-refractivity contribution < 1.29 is 4.74 Å². The van der Waals surface area contributed by atoms with Gasteiger partial charge in [-0.3, -0.25) is 0 Å². The van der Waals surface area contributed by atoms with Crippen LogP contribution in [0.15, 0.2) is 79.0 Å². The molecule has 124 valence electrons. The van der Waals surface area contributed by atoms with Gasteiger partial charge in [0.2, 0.25) is 0 Å². The highest BCUT2D eigenvalue weighted by Gasteiger charge is 2.09. The minimum Gasteiger partial charge on any atom is -0.497 e. The molecule has 1 nitrogen and oxygen atoms in total. The number of halogens is 1. The predicted octanol–water partition coefficient (Wildman–Crippen LogP) is 6.82. The molecule has 0 fully saturated rings. The standard InChI is InChI=1S/C20H19IOS2/c1-14-4-9-18(24-20-13-15(2)10-11-21-20)19(12-14)23-17-7-5-16(22-3)6-8-17/h4-13H,1-3H3. The second kappa shape index (κ2) is 8.41. The van der Waals surface area contributed by atoms with Crippen LogP contribution < -0.4 is 4.74 Å². The number of ether oxygens (including phenoxy) is 1. The molecule has 0 aromatic heterocycles. The van der Waals surface area contributed by atoms with E-state index in [4.69, 9.17) is 4.74 Å². The van der Waals surface area contributed by atoms with Crippen LogP contribution in [0.25, 0.3) is 0 Å². The molecule has 0 amide bonds. The van der Waals surface area contributed by atoms with Crippen molar-refractivity contribution in [3.63, 3.8) is 0 Å². The van der Waals surface area contributed by atoms with Gasteiger partial charge in [-0.05, 0) is 71.5 Å². The molecule has 0 N–H and O–H groups in total. The first-order valence-corrected chi connectivity index (χ1v) is 11.6. The molecule has 0 atom stereocenters. The van der Waals surface area contributed by atoms with Crippen LogP contribution in [0.5, 0.6) is 5.75 Å². The summed E-state index contributed by atoms with van der Waals surface area (Å²) in [5, 5.41) is 0. The molecule has 2 aromatic rings. The number of aryl methyl sites for hydroxylation is 1. The topological polar surface area (TPSA) is 9.23 Å². The van der Waals surface area contributed by atoms with Crippen LogP contribution in [0.2, 0.25) is 0 Å². The van der Waals surface area contributed by atoms with Crippen molar-refractivity contribution in [3.05, 3.63) is 69.8 Å². The molecule has 4 heteroatoms. The van der Waals surface area contributed by atoms with Gasteiger partial charge in [0.05, 0.1) is 7.11 Å². The summed E-state index contributed by atoms with van der Waals surface area (Å²) in [5.41, 5.74) is 2.64. The Kier molecular flexibility index (Phi) is 6.25. The second-order valence-corrected chi connectivity index (χ2v) is 10.9. The van der Waals surface area contributed by atoms with Gasteiger partial charge in [-0.15, -0.1) is 0 Å². The van der Waals surface area contributed by atoms with E-state index in [1.54, 1.807) is 7.11 Å². The number of rotatable bonds is 5. The maximum Gasteiger partial charge on any atom is 0.118 e. The van der Waals surface area contributed by atoms with E-state index in [0.29, 0.717) is 0 Å². The van der Waals surface area contributed by atoms with Crippen molar-refractivity contribution >= 4 is 47.1 Å². The highest BCUT2D eigenvalue weighted by atomic mass is 127. The van der Waals surface area contributed by atoms with Crippen LogP contribution in [0, 0.1) is 6.92 Å². The number of methoxy groups -OCH3 is 1. The van der Waals surface area contributed by atoms with E-state index in [0.717, 1.165) is 5.75 Å². The Balaban J connectivity index is 1.85. The molecule has 0 radical (unpaired) electrons. The number of benzene rings is 2. The number of hydrogen-bond donors (Lipinski definition) is 0. The minimum absolute atomic E-state index is 0.00472. The minimum atomic E-state index is 0.00472. The molecule has 0 bridgehead atoms. The maximum absolute atomic E-state index is 5.25. The third-order valence-electron chi connectivity index (χ3n) is 3.43. The van der Waals surface area contributed by atoms with Gasteiger partial charge in [0.25, 0.3) is 0 Å². The fraction of sp³-hybridized carbons (Fsp3) is 0.150.